The minimum Gasteiger partial charge on any atom is -0.496 e. The normalized spacial score (nSPS) is 23.4. The predicted octanol–water partition coefficient (Wildman–Crippen LogP) is 5.06. The zero-order valence-corrected chi connectivity index (χ0v) is 17.5. The molecule has 5 nitrogen and oxygen atoms in total. The number of hydrazone groups is 1. The van der Waals surface area contributed by atoms with Crippen molar-refractivity contribution in [1.29, 1.82) is 0 Å². The molecule has 29 heavy (non-hydrogen) atoms. The van der Waals surface area contributed by atoms with Crippen LogP contribution in [0.2, 0.25) is 0 Å². The fourth-order valence-corrected chi connectivity index (χ4v) is 4.83. The Morgan fingerprint density at radius 2 is 1.66 bits per heavy atom. The molecule has 0 radical (unpaired) electrons. The molecule has 5 heteroatoms. The third kappa shape index (κ3) is 3.91. The van der Waals surface area contributed by atoms with Crippen molar-refractivity contribution in [2.45, 2.75) is 38.3 Å². The van der Waals surface area contributed by atoms with Gasteiger partial charge in [0.1, 0.15) is 5.75 Å². The molecule has 0 amide bonds. The topological polar surface area (TPSA) is 43.3 Å². The van der Waals surface area contributed by atoms with Crippen molar-refractivity contribution in [2.75, 3.05) is 21.3 Å². The van der Waals surface area contributed by atoms with Gasteiger partial charge in [0.15, 0.2) is 11.5 Å². The molecule has 4 rings (SSSR count). The molecule has 1 aliphatic carbocycles. The Balaban J connectivity index is 1.72. The highest BCUT2D eigenvalue weighted by Crippen LogP contribution is 2.46. The maximum absolute atomic E-state index is 5.59. The molecule has 1 unspecified atom stereocenters. The molecule has 1 aliphatic heterocycles. The van der Waals surface area contributed by atoms with Crippen molar-refractivity contribution in [3.05, 3.63) is 53.6 Å². The first-order valence-corrected chi connectivity index (χ1v) is 10.4. The summed E-state index contributed by atoms with van der Waals surface area (Å²) >= 11 is 0. The van der Waals surface area contributed by atoms with Gasteiger partial charge in [-0.2, -0.15) is 5.10 Å². The molecule has 3 atom stereocenters. The van der Waals surface area contributed by atoms with E-state index in [0.29, 0.717) is 18.4 Å². The highest BCUT2D eigenvalue weighted by atomic mass is 16.5. The maximum atomic E-state index is 5.59. The smallest absolute Gasteiger partial charge is 0.161 e. The van der Waals surface area contributed by atoms with Crippen molar-refractivity contribution in [1.82, 2.24) is 5.01 Å². The van der Waals surface area contributed by atoms with Gasteiger partial charge in [0.2, 0.25) is 0 Å². The van der Waals surface area contributed by atoms with E-state index in [2.05, 4.69) is 35.5 Å². The summed E-state index contributed by atoms with van der Waals surface area (Å²) < 4.78 is 16.6. The number of ether oxygens (including phenoxy) is 3. The Labute approximate surface area is 173 Å². The zero-order chi connectivity index (χ0) is 20.2. The number of hydrogen-bond acceptors (Lipinski definition) is 5. The number of nitrogens with zero attached hydrogens (tertiary/aromatic N) is 2. The fourth-order valence-electron chi connectivity index (χ4n) is 4.83. The Morgan fingerprint density at radius 3 is 2.45 bits per heavy atom. The quantitative estimate of drug-likeness (QED) is 0.687. The summed E-state index contributed by atoms with van der Waals surface area (Å²) in [6, 6.07) is 14.7. The SMILES string of the molecule is COc1ccccc1CN1N=C[C@@H]2CCCCC2[C@H]1c1ccc(OC)c(OC)c1. The summed E-state index contributed by atoms with van der Waals surface area (Å²) in [5.74, 6) is 3.51. The van der Waals surface area contributed by atoms with E-state index in [-0.39, 0.29) is 6.04 Å². The van der Waals surface area contributed by atoms with E-state index in [1.165, 1.54) is 31.2 Å². The summed E-state index contributed by atoms with van der Waals surface area (Å²) in [5, 5.41) is 7.15. The van der Waals surface area contributed by atoms with E-state index in [4.69, 9.17) is 19.3 Å². The molecule has 2 aromatic rings. The maximum Gasteiger partial charge on any atom is 0.161 e. The Morgan fingerprint density at radius 1 is 0.897 bits per heavy atom. The van der Waals surface area contributed by atoms with Crippen molar-refractivity contribution in [3.63, 3.8) is 0 Å². The van der Waals surface area contributed by atoms with Crippen molar-refractivity contribution in [2.24, 2.45) is 16.9 Å². The zero-order valence-electron chi connectivity index (χ0n) is 17.5. The number of hydrogen-bond donors (Lipinski definition) is 0. The first-order chi connectivity index (χ1) is 14.2. The van der Waals surface area contributed by atoms with Crippen LogP contribution in [0.5, 0.6) is 17.2 Å². The number of methoxy groups -OCH3 is 3. The van der Waals surface area contributed by atoms with Gasteiger partial charge in [-0.1, -0.05) is 37.1 Å². The van der Waals surface area contributed by atoms with Crippen LogP contribution in [-0.2, 0) is 6.54 Å². The third-order valence-electron chi connectivity index (χ3n) is 6.28. The summed E-state index contributed by atoms with van der Waals surface area (Å²) in [6.07, 6.45) is 7.19. The van der Waals surface area contributed by atoms with Crippen LogP contribution in [0, 0.1) is 11.8 Å². The van der Waals surface area contributed by atoms with E-state index >= 15 is 0 Å². The predicted molar refractivity (Wildman–Crippen MR) is 115 cm³/mol. The lowest BCUT2D eigenvalue weighted by Gasteiger charge is -2.44. The minimum absolute atomic E-state index is 0.204. The molecule has 0 bridgehead atoms. The van der Waals surface area contributed by atoms with E-state index < -0.39 is 0 Å². The first-order valence-electron chi connectivity index (χ1n) is 10.4. The number of para-hydroxylation sites is 1. The summed E-state index contributed by atoms with van der Waals surface area (Å²) in [6.45, 7) is 0.711. The number of benzene rings is 2. The van der Waals surface area contributed by atoms with Crippen LogP contribution < -0.4 is 14.2 Å². The van der Waals surface area contributed by atoms with Crippen LogP contribution >= 0.6 is 0 Å². The molecule has 1 saturated carbocycles. The average Bonchev–Trinajstić information content (AvgIpc) is 2.78. The lowest BCUT2D eigenvalue weighted by molar-refractivity contribution is 0.0785. The highest BCUT2D eigenvalue weighted by molar-refractivity contribution is 5.62. The monoisotopic (exact) mass is 394 g/mol. The van der Waals surface area contributed by atoms with E-state index in [1.807, 2.05) is 18.2 Å². The molecule has 0 aromatic heterocycles. The van der Waals surface area contributed by atoms with E-state index in [9.17, 15) is 0 Å². The molecule has 2 aliphatic rings. The Kier molecular flexibility index (Phi) is 5.93. The van der Waals surface area contributed by atoms with Gasteiger partial charge >= 0.3 is 0 Å². The van der Waals surface area contributed by atoms with Crippen molar-refractivity contribution in [3.8, 4) is 17.2 Å². The van der Waals surface area contributed by atoms with Crippen LogP contribution in [0.4, 0.5) is 0 Å². The van der Waals surface area contributed by atoms with Gasteiger partial charge < -0.3 is 14.2 Å². The van der Waals surface area contributed by atoms with E-state index in [1.54, 1.807) is 21.3 Å². The van der Waals surface area contributed by atoms with Crippen LogP contribution in [0.3, 0.4) is 0 Å². The summed E-state index contributed by atoms with van der Waals surface area (Å²) in [5.41, 5.74) is 2.37. The van der Waals surface area contributed by atoms with Crippen molar-refractivity contribution >= 4 is 6.21 Å². The molecule has 154 valence electrons. The van der Waals surface area contributed by atoms with Gasteiger partial charge in [-0.05, 0) is 42.5 Å². The minimum atomic E-state index is 0.204. The standard InChI is InChI=1S/C24H30N2O3/c1-27-21-11-7-5-9-19(21)16-26-24(20-10-6-4-8-18(20)15-25-26)17-12-13-22(28-2)23(14-17)29-3/h5,7,9,11-15,18,20,24H,4,6,8,10,16H2,1-3H3/t18-,20?,24+/m0/s1. The second-order valence-electron chi connectivity index (χ2n) is 7.85. The lowest BCUT2D eigenvalue weighted by atomic mass is 9.73. The molecular formula is C24H30N2O3. The first kappa shape index (κ1) is 19.6. The Hall–Kier alpha value is -2.69. The van der Waals surface area contributed by atoms with Gasteiger partial charge in [-0.25, -0.2) is 0 Å². The van der Waals surface area contributed by atoms with Crippen LogP contribution in [0.15, 0.2) is 47.6 Å². The fraction of sp³-hybridized carbons (Fsp3) is 0.458. The van der Waals surface area contributed by atoms with Gasteiger partial charge in [-0.15, -0.1) is 0 Å². The molecule has 0 spiro atoms. The van der Waals surface area contributed by atoms with Crippen LogP contribution in [-0.4, -0.2) is 32.6 Å². The van der Waals surface area contributed by atoms with Crippen LogP contribution in [0.25, 0.3) is 0 Å². The molecule has 0 N–H and O–H groups in total. The largest absolute Gasteiger partial charge is 0.496 e. The number of rotatable bonds is 6. The van der Waals surface area contributed by atoms with Gasteiger partial charge in [-0.3, -0.25) is 5.01 Å². The number of fused-ring (bicyclic) bond motifs is 1. The second-order valence-corrected chi connectivity index (χ2v) is 7.85. The Bertz CT molecular complexity index is 867. The lowest BCUT2D eigenvalue weighted by Crippen LogP contribution is -2.40. The average molecular weight is 395 g/mol. The van der Waals surface area contributed by atoms with Gasteiger partial charge in [0.05, 0.1) is 33.9 Å². The molecular weight excluding hydrogens is 364 g/mol. The van der Waals surface area contributed by atoms with Gasteiger partial charge in [0.25, 0.3) is 0 Å². The second kappa shape index (κ2) is 8.76. The van der Waals surface area contributed by atoms with Crippen molar-refractivity contribution < 1.29 is 14.2 Å². The highest BCUT2D eigenvalue weighted by Gasteiger charge is 2.38. The molecule has 1 fully saturated rings. The summed E-state index contributed by atoms with van der Waals surface area (Å²) in [7, 11) is 5.09. The third-order valence-corrected chi connectivity index (χ3v) is 6.28. The molecule has 0 saturated heterocycles. The van der Waals surface area contributed by atoms with Crippen LogP contribution in [0.1, 0.15) is 42.9 Å². The van der Waals surface area contributed by atoms with E-state index in [0.717, 1.165) is 22.8 Å². The summed E-state index contributed by atoms with van der Waals surface area (Å²) in [4.78, 5) is 0. The molecule has 2 aromatic carbocycles. The van der Waals surface area contributed by atoms with Gasteiger partial charge in [0, 0.05) is 17.7 Å². The molecule has 1 heterocycles.